The Balaban J connectivity index is 1.80. The molecule has 2 nitrogen and oxygen atoms in total. The van der Waals surface area contributed by atoms with Gasteiger partial charge in [-0.2, -0.15) is 0 Å². The average Bonchev–Trinajstić information content (AvgIpc) is 2.84. The summed E-state index contributed by atoms with van der Waals surface area (Å²) in [6.07, 6.45) is 2.17. The first-order chi connectivity index (χ1) is 10.8. The summed E-state index contributed by atoms with van der Waals surface area (Å²) in [6, 6.07) is 18.5. The molecule has 22 heavy (non-hydrogen) atoms. The van der Waals surface area contributed by atoms with Crippen LogP contribution in [0.1, 0.15) is 46.6 Å². The normalized spacial score (nSPS) is 16.9. The van der Waals surface area contributed by atoms with Crippen molar-refractivity contribution in [3.63, 3.8) is 0 Å². The molecule has 1 aliphatic heterocycles. The zero-order valence-electron chi connectivity index (χ0n) is 12.9. The van der Waals surface area contributed by atoms with E-state index in [4.69, 9.17) is 0 Å². The van der Waals surface area contributed by atoms with Crippen molar-refractivity contribution < 1.29 is 4.79 Å². The number of fused-ring (bicyclic) bond motifs is 1. The van der Waals surface area contributed by atoms with E-state index in [0.717, 1.165) is 30.7 Å². The van der Waals surface area contributed by atoms with Crippen LogP contribution in [0.15, 0.2) is 54.6 Å². The molecule has 0 aromatic heterocycles. The molecule has 0 fully saturated rings. The maximum atomic E-state index is 12.6. The van der Waals surface area contributed by atoms with Crippen molar-refractivity contribution in [1.29, 1.82) is 0 Å². The monoisotopic (exact) mass is 311 g/mol. The lowest BCUT2D eigenvalue weighted by molar-refractivity contribution is 0.0771. The minimum absolute atomic E-state index is 0.149. The van der Waals surface area contributed by atoms with Gasteiger partial charge in [-0.1, -0.05) is 61.9 Å². The number of hydrogen-bond acceptors (Lipinski definition) is 2. The van der Waals surface area contributed by atoms with Gasteiger partial charge in [0, 0.05) is 17.9 Å². The third-order valence-electron chi connectivity index (χ3n) is 4.00. The fourth-order valence-corrected chi connectivity index (χ4v) is 4.12. The zero-order chi connectivity index (χ0) is 15.4. The number of benzene rings is 2. The first-order valence-corrected chi connectivity index (χ1v) is 8.91. The summed E-state index contributed by atoms with van der Waals surface area (Å²) >= 11 is 1.85. The van der Waals surface area contributed by atoms with Gasteiger partial charge in [0.2, 0.25) is 0 Å². The van der Waals surface area contributed by atoms with E-state index in [2.05, 4.69) is 37.3 Å². The lowest BCUT2D eigenvalue weighted by Gasteiger charge is -2.25. The quantitative estimate of drug-likeness (QED) is 0.758. The summed E-state index contributed by atoms with van der Waals surface area (Å²) in [6.45, 7) is 3.01. The van der Waals surface area contributed by atoms with Crippen LogP contribution in [-0.2, 0) is 5.75 Å². The molecule has 3 heteroatoms. The van der Waals surface area contributed by atoms with Gasteiger partial charge in [-0.15, -0.1) is 11.8 Å². The molecule has 0 radical (unpaired) electrons. The second-order valence-corrected chi connectivity index (χ2v) is 6.66. The summed E-state index contributed by atoms with van der Waals surface area (Å²) in [5, 5.41) is 0.149. The smallest absolute Gasteiger partial charge is 0.255 e. The van der Waals surface area contributed by atoms with Gasteiger partial charge in [-0.05, 0) is 23.6 Å². The van der Waals surface area contributed by atoms with E-state index in [1.54, 1.807) is 0 Å². The third kappa shape index (κ3) is 3.05. The van der Waals surface area contributed by atoms with Gasteiger partial charge >= 0.3 is 0 Å². The Morgan fingerprint density at radius 3 is 2.55 bits per heavy atom. The van der Waals surface area contributed by atoms with Crippen LogP contribution in [0.4, 0.5) is 0 Å². The minimum atomic E-state index is 0.149. The molecule has 0 spiro atoms. The van der Waals surface area contributed by atoms with E-state index in [-0.39, 0.29) is 11.3 Å². The van der Waals surface area contributed by atoms with Gasteiger partial charge in [-0.3, -0.25) is 4.79 Å². The first kappa shape index (κ1) is 15.2. The second-order valence-electron chi connectivity index (χ2n) is 5.59. The van der Waals surface area contributed by atoms with Gasteiger partial charge in [0.25, 0.3) is 5.91 Å². The molecule has 0 N–H and O–H groups in total. The van der Waals surface area contributed by atoms with Crippen LogP contribution < -0.4 is 0 Å². The largest absolute Gasteiger partial charge is 0.322 e. The summed E-state index contributed by atoms with van der Waals surface area (Å²) in [5.41, 5.74) is 3.36. The molecule has 3 rings (SSSR count). The van der Waals surface area contributed by atoms with Crippen molar-refractivity contribution in [3.8, 4) is 0 Å². The molecular weight excluding hydrogens is 290 g/mol. The molecule has 0 aliphatic carbocycles. The SMILES string of the molecule is CCCCN1C(=O)c2ccccc2[C@@H]1SCc1ccccc1. The first-order valence-electron chi connectivity index (χ1n) is 7.86. The van der Waals surface area contributed by atoms with Crippen molar-refractivity contribution in [1.82, 2.24) is 4.90 Å². The summed E-state index contributed by atoms with van der Waals surface area (Å²) < 4.78 is 0. The van der Waals surface area contributed by atoms with Gasteiger partial charge in [-0.25, -0.2) is 0 Å². The Bertz CT molecular complexity index is 641. The van der Waals surface area contributed by atoms with Crippen molar-refractivity contribution in [3.05, 3.63) is 71.3 Å². The average molecular weight is 311 g/mol. The van der Waals surface area contributed by atoms with Crippen molar-refractivity contribution >= 4 is 17.7 Å². The van der Waals surface area contributed by atoms with E-state index in [1.165, 1.54) is 11.1 Å². The molecule has 1 aliphatic rings. The van der Waals surface area contributed by atoms with Gasteiger partial charge in [0.1, 0.15) is 5.37 Å². The fourth-order valence-electron chi connectivity index (χ4n) is 2.81. The standard InChI is InChI=1S/C19H21NOS/c1-2-3-13-20-18(21)16-11-7-8-12-17(16)19(20)22-14-15-9-5-4-6-10-15/h4-12,19H,2-3,13-14H2,1H3/t19-/m0/s1. The van der Waals surface area contributed by atoms with E-state index >= 15 is 0 Å². The Morgan fingerprint density at radius 1 is 1.05 bits per heavy atom. The molecule has 0 unspecified atom stereocenters. The molecule has 1 atom stereocenters. The summed E-state index contributed by atoms with van der Waals surface area (Å²) in [7, 11) is 0. The second kappa shape index (κ2) is 7.01. The van der Waals surface area contributed by atoms with Gasteiger partial charge in [0.15, 0.2) is 0 Å². The lowest BCUT2D eigenvalue weighted by Crippen LogP contribution is -2.27. The number of hydrogen-bond donors (Lipinski definition) is 0. The maximum absolute atomic E-state index is 12.6. The molecule has 1 heterocycles. The summed E-state index contributed by atoms with van der Waals surface area (Å²) in [5.74, 6) is 1.12. The predicted octanol–water partition coefficient (Wildman–Crippen LogP) is 4.87. The molecule has 2 aromatic rings. The van der Waals surface area contributed by atoms with Gasteiger partial charge in [0.05, 0.1) is 0 Å². The maximum Gasteiger partial charge on any atom is 0.255 e. The number of rotatable bonds is 6. The number of thioether (sulfide) groups is 1. The number of amides is 1. The Morgan fingerprint density at radius 2 is 1.77 bits per heavy atom. The number of nitrogens with zero attached hydrogens (tertiary/aromatic N) is 1. The van der Waals surface area contributed by atoms with Crippen LogP contribution >= 0.6 is 11.8 Å². The van der Waals surface area contributed by atoms with Crippen molar-refractivity contribution in [2.75, 3.05) is 6.54 Å². The zero-order valence-corrected chi connectivity index (χ0v) is 13.7. The molecule has 0 saturated heterocycles. The van der Waals surface area contributed by atoms with Crippen LogP contribution in [0.3, 0.4) is 0 Å². The highest BCUT2D eigenvalue weighted by atomic mass is 32.2. The topological polar surface area (TPSA) is 20.3 Å². The molecule has 1 amide bonds. The van der Waals surface area contributed by atoms with Crippen LogP contribution in [0.5, 0.6) is 0 Å². The van der Waals surface area contributed by atoms with Crippen LogP contribution in [0.2, 0.25) is 0 Å². The minimum Gasteiger partial charge on any atom is -0.322 e. The predicted molar refractivity (Wildman–Crippen MR) is 92.9 cm³/mol. The number of carbonyl (C=O) groups excluding carboxylic acids is 1. The highest BCUT2D eigenvalue weighted by Gasteiger charge is 2.35. The molecule has 0 bridgehead atoms. The molecule has 2 aromatic carbocycles. The summed E-state index contributed by atoms with van der Waals surface area (Å²) in [4.78, 5) is 14.7. The van der Waals surface area contributed by atoms with Crippen molar-refractivity contribution in [2.24, 2.45) is 0 Å². The van der Waals surface area contributed by atoms with E-state index in [9.17, 15) is 4.79 Å². The van der Waals surface area contributed by atoms with E-state index in [0.29, 0.717) is 0 Å². The number of carbonyl (C=O) groups is 1. The Labute approximate surface area is 136 Å². The number of unbranched alkanes of at least 4 members (excludes halogenated alkanes) is 1. The highest BCUT2D eigenvalue weighted by Crippen LogP contribution is 2.42. The Kier molecular flexibility index (Phi) is 4.84. The molecule has 0 saturated carbocycles. The highest BCUT2D eigenvalue weighted by molar-refractivity contribution is 7.98. The fraction of sp³-hybridized carbons (Fsp3) is 0.316. The lowest BCUT2D eigenvalue weighted by atomic mass is 10.1. The van der Waals surface area contributed by atoms with Crippen molar-refractivity contribution in [2.45, 2.75) is 30.9 Å². The van der Waals surface area contributed by atoms with Gasteiger partial charge < -0.3 is 4.90 Å². The molecule has 114 valence electrons. The third-order valence-corrected chi connectivity index (χ3v) is 5.33. The van der Waals surface area contributed by atoms with Crippen LogP contribution in [0.25, 0.3) is 0 Å². The van der Waals surface area contributed by atoms with Crippen LogP contribution in [-0.4, -0.2) is 17.4 Å². The van der Waals surface area contributed by atoms with E-state index in [1.807, 2.05) is 40.9 Å². The van der Waals surface area contributed by atoms with E-state index < -0.39 is 0 Å². The Hall–Kier alpha value is -1.74. The molecular formula is C19H21NOS. The van der Waals surface area contributed by atoms with Crippen LogP contribution in [0, 0.1) is 0 Å².